The summed E-state index contributed by atoms with van der Waals surface area (Å²) in [5.74, 6) is 0. The lowest BCUT2D eigenvalue weighted by atomic mass is 10.1. The molecule has 0 saturated heterocycles. The van der Waals surface area contributed by atoms with Gasteiger partial charge in [0.05, 0.1) is 0 Å². The number of hydrogen-bond donors (Lipinski definition) is 1. The van der Waals surface area contributed by atoms with Crippen molar-refractivity contribution < 1.29 is 9.53 Å². The Balaban J connectivity index is 2.37. The number of benzene rings is 1. The molecular formula is C15H21NO2. The zero-order valence-electron chi connectivity index (χ0n) is 11.3. The Hall–Kier alpha value is -1.77. The highest BCUT2D eigenvalue weighted by Gasteiger charge is 2.15. The van der Waals surface area contributed by atoms with E-state index in [1.54, 1.807) is 0 Å². The zero-order chi connectivity index (χ0) is 13.6. The van der Waals surface area contributed by atoms with Crippen molar-refractivity contribution in [1.82, 2.24) is 5.32 Å². The summed E-state index contributed by atoms with van der Waals surface area (Å²) in [5, 5.41) is 2.74. The average molecular weight is 247 g/mol. The molecule has 1 aromatic carbocycles. The fourth-order valence-corrected chi connectivity index (χ4v) is 1.50. The molecule has 0 fully saturated rings. The monoisotopic (exact) mass is 247 g/mol. The molecule has 0 aliphatic carbocycles. The van der Waals surface area contributed by atoms with E-state index in [-0.39, 0.29) is 6.09 Å². The number of rotatable bonds is 4. The predicted molar refractivity (Wildman–Crippen MR) is 74.5 cm³/mol. The second-order valence-electron chi connectivity index (χ2n) is 5.13. The molecule has 0 aliphatic heterocycles. The third-order valence-corrected chi connectivity index (χ3v) is 2.27. The minimum absolute atomic E-state index is 0.373. The maximum Gasteiger partial charge on any atom is 0.407 e. The summed E-state index contributed by atoms with van der Waals surface area (Å²) in [5.41, 5.74) is 1.81. The van der Waals surface area contributed by atoms with Crippen LogP contribution in [0.5, 0.6) is 0 Å². The normalized spacial score (nSPS) is 10.8. The van der Waals surface area contributed by atoms with Gasteiger partial charge in [-0.3, -0.25) is 0 Å². The number of amides is 1. The molecule has 98 valence electrons. The van der Waals surface area contributed by atoms with Crippen LogP contribution in [0.3, 0.4) is 0 Å². The smallest absolute Gasteiger partial charge is 0.407 e. The minimum atomic E-state index is -0.452. The SMILES string of the molecule is C=Cc1cccc(CCNC(=O)OC(C)(C)C)c1. The summed E-state index contributed by atoms with van der Waals surface area (Å²) in [4.78, 5) is 11.4. The Morgan fingerprint density at radius 1 is 1.44 bits per heavy atom. The number of ether oxygens (including phenoxy) is 1. The van der Waals surface area contributed by atoms with E-state index < -0.39 is 5.60 Å². The van der Waals surface area contributed by atoms with Crippen LogP contribution in [0.1, 0.15) is 31.9 Å². The highest BCUT2D eigenvalue weighted by atomic mass is 16.6. The lowest BCUT2D eigenvalue weighted by Gasteiger charge is -2.19. The zero-order valence-corrected chi connectivity index (χ0v) is 11.3. The van der Waals surface area contributed by atoms with Gasteiger partial charge in [-0.05, 0) is 38.3 Å². The Bertz CT molecular complexity index is 419. The summed E-state index contributed by atoms with van der Waals surface area (Å²) < 4.78 is 5.15. The Morgan fingerprint density at radius 2 is 2.17 bits per heavy atom. The van der Waals surface area contributed by atoms with Crippen LogP contribution in [0, 0.1) is 0 Å². The van der Waals surface area contributed by atoms with Crippen molar-refractivity contribution in [2.24, 2.45) is 0 Å². The molecule has 0 aromatic heterocycles. The van der Waals surface area contributed by atoms with Crippen molar-refractivity contribution in [1.29, 1.82) is 0 Å². The van der Waals surface area contributed by atoms with Crippen LogP contribution in [0.4, 0.5) is 4.79 Å². The van der Waals surface area contributed by atoms with Crippen LogP contribution in [0.2, 0.25) is 0 Å². The summed E-state index contributed by atoms with van der Waals surface area (Å²) >= 11 is 0. The van der Waals surface area contributed by atoms with E-state index in [0.717, 1.165) is 12.0 Å². The van der Waals surface area contributed by atoms with Gasteiger partial charge in [0.2, 0.25) is 0 Å². The van der Waals surface area contributed by atoms with Crippen LogP contribution in [0.15, 0.2) is 30.8 Å². The predicted octanol–water partition coefficient (Wildman–Crippen LogP) is 3.40. The first-order valence-corrected chi connectivity index (χ1v) is 6.09. The van der Waals surface area contributed by atoms with Gasteiger partial charge < -0.3 is 10.1 Å². The van der Waals surface area contributed by atoms with Crippen molar-refractivity contribution in [3.8, 4) is 0 Å². The lowest BCUT2D eigenvalue weighted by molar-refractivity contribution is 0.0528. The molecule has 0 heterocycles. The van der Waals surface area contributed by atoms with Gasteiger partial charge in [0.25, 0.3) is 0 Å². The van der Waals surface area contributed by atoms with Gasteiger partial charge in [-0.1, -0.05) is 36.9 Å². The summed E-state index contributed by atoms with van der Waals surface area (Å²) in [6.07, 6.45) is 2.22. The molecule has 1 rings (SSSR count). The van der Waals surface area contributed by atoms with E-state index in [9.17, 15) is 4.79 Å². The van der Waals surface area contributed by atoms with E-state index in [1.807, 2.05) is 45.0 Å². The van der Waals surface area contributed by atoms with E-state index in [2.05, 4.69) is 18.0 Å². The molecule has 3 nitrogen and oxygen atoms in total. The number of carbonyl (C=O) groups excluding carboxylic acids is 1. The number of hydrogen-bond acceptors (Lipinski definition) is 2. The molecular weight excluding hydrogens is 226 g/mol. The lowest BCUT2D eigenvalue weighted by Crippen LogP contribution is -2.33. The molecule has 18 heavy (non-hydrogen) atoms. The fraction of sp³-hybridized carbons (Fsp3) is 0.400. The standard InChI is InChI=1S/C15H21NO2/c1-5-12-7-6-8-13(11-12)9-10-16-14(17)18-15(2,3)4/h5-8,11H,1,9-10H2,2-4H3,(H,16,17). The highest BCUT2D eigenvalue weighted by Crippen LogP contribution is 2.08. The average Bonchev–Trinajstić information content (AvgIpc) is 2.27. The molecule has 0 unspecified atom stereocenters. The maximum absolute atomic E-state index is 11.4. The number of carbonyl (C=O) groups is 1. The van der Waals surface area contributed by atoms with E-state index in [1.165, 1.54) is 5.56 Å². The highest BCUT2D eigenvalue weighted by molar-refractivity contribution is 5.67. The Kier molecular flexibility index (Phi) is 4.95. The molecule has 0 radical (unpaired) electrons. The fourth-order valence-electron chi connectivity index (χ4n) is 1.50. The quantitative estimate of drug-likeness (QED) is 0.885. The topological polar surface area (TPSA) is 38.3 Å². The van der Waals surface area contributed by atoms with E-state index in [4.69, 9.17) is 4.74 Å². The Labute approximate surface area is 109 Å². The van der Waals surface area contributed by atoms with Gasteiger partial charge in [-0.25, -0.2) is 4.79 Å². The van der Waals surface area contributed by atoms with Crippen LogP contribution in [-0.4, -0.2) is 18.2 Å². The largest absolute Gasteiger partial charge is 0.444 e. The first-order valence-electron chi connectivity index (χ1n) is 6.09. The van der Waals surface area contributed by atoms with Gasteiger partial charge in [0.15, 0.2) is 0 Å². The molecule has 0 saturated carbocycles. The first-order chi connectivity index (χ1) is 8.40. The number of nitrogens with one attached hydrogen (secondary N) is 1. The molecule has 3 heteroatoms. The van der Waals surface area contributed by atoms with E-state index >= 15 is 0 Å². The molecule has 0 bridgehead atoms. The summed E-state index contributed by atoms with van der Waals surface area (Å²) in [7, 11) is 0. The summed E-state index contributed by atoms with van der Waals surface area (Å²) in [6, 6.07) is 8.07. The first kappa shape index (κ1) is 14.3. The molecule has 0 aliphatic rings. The van der Waals surface area contributed by atoms with Crippen LogP contribution < -0.4 is 5.32 Å². The third kappa shape index (κ3) is 5.53. The van der Waals surface area contributed by atoms with Gasteiger partial charge in [-0.2, -0.15) is 0 Å². The van der Waals surface area contributed by atoms with Crippen LogP contribution in [0.25, 0.3) is 6.08 Å². The third-order valence-electron chi connectivity index (χ3n) is 2.27. The minimum Gasteiger partial charge on any atom is -0.444 e. The second-order valence-corrected chi connectivity index (χ2v) is 5.13. The van der Waals surface area contributed by atoms with E-state index in [0.29, 0.717) is 6.54 Å². The molecule has 0 spiro atoms. The van der Waals surface area contributed by atoms with Crippen molar-refractivity contribution in [3.05, 3.63) is 42.0 Å². The molecule has 0 atom stereocenters. The number of alkyl carbamates (subject to hydrolysis) is 1. The van der Waals surface area contributed by atoms with Gasteiger partial charge in [0.1, 0.15) is 5.60 Å². The molecule has 1 N–H and O–H groups in total. The second kappa shape index (κ2) is 6.24. The van der Waals surface area contributed by atoms with Crippen LogP contribution in [-0.2, 0) is 11.2 Å². The van der Waals surface area contributed by atoms with Gasteiger partial charge in [0, 0.05) is 6.54 Å². The maximum atomic E-state index is 11.4. The van der Waals surface area contributed by atoms with Crippen molar-refractivity contribution in [2.45, 2.75) is 32.8 Å². The van der Waals surface area contributed by atoms with Crippen molar-refractivity contribution in [3.63, 3.8) is 0 Å². The van der Waals surface area contributed by atoms with Gasteiger partial charge in [-0.15, -0.1) is 0 Å². The Morgan fingerprint density at radius 3 is 2.78 bits per heavy atom. The van der Waals surface area contributed by atoms with Crippen LogP contribution >= 0.6 is 0 Å². The van der Waals surface area contributed by atoms with Gasteiger partial charge >= 0.3 is 6.09 Å². The molecule has 1 aromatic rings. The molecule has 1 amide bonds. The van der Waals surface area contributed by atoms with Crippen molar-refractivity contribution >= 4 is 12.2 Å². The summed E-state index contributed by atoms with van der Waals surface area (Å²) in [6.45, 7) is 9.84. The van der Waals surface area contributed by atoms with Crippen molar-refractivity contribution in [2.75, 3.05) is 6.54 Å².